The Bertz CT molecular complexity index is 8.00. The van der Waals surface area contributed by atoms with Crippen LogP contribution in [0.25, 0.3) is 0 Å². The van der Waals surface area contributed by atoms with Crippen molar-refractivity contribution >= 4 is 61.1 Å². The third kappa shape index (κ3) is 9.08. The van der Waals surface area contributed by atoms with Gasteiger partial charge in [-0.05, 0) is 11.0 Å². The standard InChI is InChI=1S/In.Li.S.H4Si.2H/h;;;1H4;;. The Hall–Kier alpha value is 1.90. The molecule has 4 heavy (non-hydrogen) atoms. The fourth-order valence-corrected chi connectivity index (χ4v) is 0. The molecule has 0 bridgehead atoms. The molecule has 0 atom stereocenters. The van der Waals surface area contributed by atoms with Gasteiger partial charge in [0.15, 0.2) is 0 Å². The van der Waals surface area contributed by atoms with E-state index in [0.29, 0.717) is 0 Å². The second-order valence-electron chi connectivity index (χ2n) is 0. The topological polar surface area (TPSA) is 0 Å². The first kappa shape index (κ1) is 16.8. The number of rotatable bonds is 0. The fraction of sp³-hybridized carbons (Fsp3) is 0. The van der Waals surface area contributed by atoms with E-state index in [2.05, 4.69) is 8.92 Å². The summed E-state index contributed by atoms with van der Waals surface area (Å²) in [6.45, 7) is 0. The van der Waals surface area contributed by atoms with Crippen molar-refractivity contribution in [3.05, 3.63) is 0 Å². The second kappa shape index (κ2) is 20.6. The Labute approximate surface area is 60.5 Å². The predicted octanol–water partition coefficient (Wildman–Crippen LogP) is -2.10. The summed E-state index contributed by atoms with van der Waals surface area (Å²) in [7, 11) is 4.25. The SMILES string of the molecule is [LiH].[S]=[InH].[SiH4]. The molecule has 0 fully saturated rings. The third-order valence-electron chi connectivity index (χ3n) is 0. The van der Waals surface area contributed by atoms with E-state index >= 15 is 0 Å². The molecule has 0 aromatic rings. The summed E-state index contributed by atoms with van der Waals surface area (Å²) in [6, 6.07) is 0. The van der Waals surface area contributed by atoms with Crippen molar-refractivity contribution in [2.45, 2.75) is 0 Å². The van der Waals surface area contributed by atoms with Gasteiger partial charge in [-0.25, -0.2) is 0 Å². The molecule has 0 aliphatic rings. The Morgan fingerprint density at radius 3 is 1.25 bits per heavy atom. The van der Waals surface area contributed by atoms with Gasteiger partial charge in [0, 0.05) is 0 Å². The van der Waals surface area contributed by atoms with Crippen molar-refractivity contribution in [1.82, 2.24) is 0 Å². The Kier molecular flexibility index (Phi) is 86.8. The van der Waals surface area contributed by atoms with Crippen LogP contribution in [0.1, 0.15) is 0 Å². The molecule has 4 heteroatoms. The van der Waals surface area contributed by atoms with Gasteiger partial charge in [-0.3, -0.25) is 0 Å². The largest absolute Gasteiger partial charge is 0.0149 e. The van der Waals surface area contributed by atoms with E-state index in [0.717, 1.165) is 22.4 Å². The summed E-state index contributed by atoms with van der Waals surface area (Å²) in [5.41, 5.74) is 0. The fourth-order valence-electron chi connectivity index (χ4n) is 0. The minimum absolute atomic E-state index is 0. The minimum atomic E-state index is 0. The zero-order chi connectivity index (χ0) is 2.00. The molecule has 0 N–H and O–H groups in total. The average molecular weight is 188 g/mol. The molecule has 0 heterocycles. The van der Waals surface area contributed by atoms with Crippen molar-refractivity contribution < 1.29 is 0 Å². The predicted molar refractivity (Wildman–Crippen MR) is 33.2 cm³/mol. The van der Waals surface area contributed by atoms with Gasteiger partial charge in [-0.15, -0.1) is 0 Å². The summed E-state index contributed by atoms with van der Waals surface area (Å²) in [4.78, 5) is 0. The molecular weight excluding hydrogens is 182 g/mol. The molecule has 0 aromatic heterocycles. The van der Waals surface area contributed by atoms with Crippen LogP contribution < -0.4 is 0 Å². The van der Waals surface area contributed by atoms with E-state index < -0.39 is 0 Å². The molecule has 0 amide bonds. The molecule has 0 aliphatic heterocycles. The van der Waals surface area contributed by atoms with Crippen molar-refractivity contribution in [2.75, 3.05) is 0 Å². The maximum absolute atomic E-state index is 4.25. The van der Waals surface area contributed by atoms with Gasteiger partial charge >= 0.3 is 50.1 Å². The van der Waals surface area contributed by atoms with Crippen molar-refractivity contribution in [2.24, 2.45) is 0 Å². The summed E-state index contributed by atoms with van der Waals surface area (Å²) in [5, 5.41) is 0. The van der Waals surface area contributed by atoms with Gasteiger partial charge in [-0.1, -0.05) is 0 Å². The van der Waals surface area contributed by atoms with Gasteiger partial charge in [0.2, 0.25) is 0 Å². The number of hydrogen-bond acceptors (Lipinski definition) is 1. The third-order valence-corrected chi connectivity index (χ3v) is 0. The number of hydrogen-bond donors (Lipinski definition) is 0. The van der Waals surface area contributed by atoms with Crippen molar-refractivity contribution in [1.29, 1.82) is 0 Å². The summed E-state index contributed by atoms with van der Waals surface area (Å²) in [6.07, 6.45) is 0. The van der Waals surface area contributed by atoms with Crippen LogP contribution in [0, 0.1) is 0 Å². The van der Waals surface area contributed by atoms with Crippen LogP contribution in [0.4, 0.5) is 0 Å². The van der Waals surface area contributed by atoms with E-state index in [-0.39, 0.29) is 29.8 Å². The maximum atomic E-state index is 4.25. The van der Waals surface area contributed by atoms with Crippen LogP contribution >= 0.6 is 8.92 Å². The molecule has 0 saturated heterocycles. The molecule has 0 nitrogen and oxygen atoms in total. The summed E-state index contributed by atoms with van der Waals surface area (Å²) < 4.78 is 0. The maximum Gasteiger partial charge on any atom is -0.0149 e. The summed E-state index contributed by atoms with van der Waals surface area (Å²) in [5.74, 6) is 0. The van der Waals surface area contributed by atoms with E-state index in [1.807, 2.05) is 0 Å². The molecule has 0 unspecified atom stereocenters. The Morgan fingerprint density at radius 2 is 1.25 bits per heavy atom. The van der Waals surface area contributed by atoms with Gasteiger partial charge in [0.25, 0.3) is 0 Å². The van der Waals surface area contributed by atoms with E-state index in [4.69, 9.17) is 0 Å². The van der Waals surface area contributed by atoms with E-state index in [9.17, 15) is 0 Å². The zero-order valence-electron chi connectivity index (χ0n) is 1.12. The first-order valence-corrected chi connectivity index (χ1v) is 5.81. The van der Waals surface area contributed by atoms with Gasteiger partial charge in [0.1, 0.15) is 0 Å². The summed E-state index contributed by atoms with van der Waals surface area (Å²) >= 11 is 0.733. The quantitative estimate of drug-likeness (QED) is 0.392. The molecule has 0 radical (unpaired) electrons. The second-order valence-corrected chi connectivity index (χ2v) is 0. The minimum Gasteiger partial charge on any atom is -0.0149 e. The molecule has 0 rings (SSSR count). The van der Waals surface area contributed by atoms with E-state index in [1.165, 1.54) is 0 Å². The van der Waals surface area contributed by atoms with Gasteiger partial charge in [-0.2, -0.15) is 0 Å². The van der Waals surface area contributed by atoms with Crippen LogP contribution in [0.2, 0.25) is 0 Å². The Balaban J connectivity index is -0.00000000500. The van der Waals surface area contributed by atoms with Crippen LogP contribution in [0.5, 0.6) is 0 Å². The van der Waals surface area contributed by atoms with Crippen LogP contribution in [-0.4, -0.2) is 52.2 Å². The smallest absolute Gasteiger partial charge is 0.0149 e. The molecule has 0 aromatic carbocycles. The monoisotopic (exact) mass is 188 g/mol. The van der Waals surface area contributed by atoms with Crippen molar-refractivity contribution in [3.8, 4) is 0 Å². The van der Waals surface area contributed by atoms with Gasteiger partial charge < -0.3 is 0 Å². The normalized spacial score (nSPS) is 0.750. The Morgan fingerprint density at radius 1 is 1.25 bits per heavy atom. The first-order valence-electron chi connectivity index (χ1n) is 0.289. The van der Waals surface area contributed by atoms with Crippen LogP contribution in [0.15, 0.2) is 0 Å². The first-order chi connectivity index (χ1) is 1.00. The molecule has 0 aliphatic carbocycles. The van der Waals surface area contributed by atoms with Crippen LogP contribution in [-0.2, 0) is 0 Å². The zero-order valence-corrected chi connectivity index (χ0v) is 5.97. The molecule has 0 spiro atoms. The van der Waals surface area contributed by atoms with Crippen molar-refractivity contribution in [3.63, 3.8) is 0 Å². The molecular formula is H6InLiSSi. The molecule has 0 saturated carbocycles. The average Bonchev–Trinajstić information content (AvgIpc) is 1.00. The van der Waals surface area contributed by atoms with E-state index in [1.54, 1.807) is 0 Å². The van der Waals surface area contributed by atoms with Gasteiger partial charge in [0.05, 0.1) is 0 Å². The van der Waals surface area contributed by atoms with Crippen LogP contribution in [0.3, 0.4) is 0 Å². The molecule has 20 valence electrons.